The van der Waals surface area contributed by atoms with Crippen LogP contribution < -0.4 is 4.84 Å². The third kappa shape index (κ3) is 156. The normalized spacial score (nSPS) is 5.29. The van der Waals surface area contributed by atoms with Crippen molar-refractivity contribution in [2.24, 2.45) is 0 Å². The fourth-order valence-corrected chi connectivity index (χ4v) is 0. The summed E-state index contributed by atoms with van der Waals surface area (Å²) < 4.78 is 16.8. The standard InChI is InChI=1S/CH2ClNO.H2O2S/c2-3-1-4;1-3-2/h1H,(H,3,4);3H2. The van der Waals surface area contributed by atoms with Crippen molar-refractivity contribution in [2.45, 2.75) is 0 Å². The van der Waals surface area contributed by atoms with Crippen molar-refractivity contribution in [3.05, 3.63) is 0 Å². The molecule has 0 fully saturated rings. The molecule has 0 saturated carbocycles. The summed E-state index contributed by atoms with van der Waals surface area (Å²) in [5.74, 6) is 0. The summed E-state index contributed by atoms with van der Waals surface area (Å²) in [6.45, 7) is 0. The van der Waals surface area contributed by atoms with Gasteiger partial charge in [0, 0.05) is 11.8 Å². The molecule has 6 heteroatoms. The molecule has 0 atom stereocenters. The number of hydrogen-bond donors (Lipinski definition) is 1. The van der Waals surface area contributed by atoms with E-state index in [4.69, 9.17) is 13.2 Å². The molecule has 1 N–H and O–H groups in total. The van der Waals surface area contributed by atoms with E-state index in [9.17, 15) is 0 Å². The first kappa shape index (κ1) is 9.86. The highest BCUT2D eigenvalue weighted by Crippen LogP contribution is 1.41. The third-order valence-corrected chi connectivity index (χ3v) is 0.134. The van der Waals surface area contributed by atoms with E-state index in [1.54, 1.807) is 4.84 Å². The van der Waals surface area contributed by atoms with Gasteiger partial charge in [-0.2, -0.15) is 0 Å². The maximum Gasteiger partial charge on any atom is 0.221 e. The molecule has 0 unspecified atom stereocenters. The van der Waals surface area contributed by atoms with Crippen molar-refractivity contribution < 1.29 is 13.2 Å². The number of rotatable bonds is 1. The predicted octanol–water partition coefficient (Wildman–Crippen LogP) is -1.32. The maximum absolute atomic E-state index is 8.93. The molecule has 0 bridgehead atoms. The molecule has 0 aliphatic heterocycles. The van der Waals surface area contributed by atoms with E-state index in [-0.39, 0.29) is 0 Å². The van der Waals surface area contributed by atoms with Crippen LogP contribution in [0.2, 0.25) is 0 Å². The minimum absolute atomic E-state index is 0.390. The number of hydrogen-bond acceptors (Lipinski definition) is 3. The van der Waals surface area contributed by atoms with E-state index in [0.717, 1.165) is 0 Å². The molecule has 0 aromatic heterocycles. The van der Waals surface area contributed by atoms with Gasteiger partial charge in [0.2, 0.25) is 6.41 Å². The lowest BCUT2D eigenvalue weighted by atomic mass is 11.5. The number of carbonyl (C=O) groups is 1. The lowest BCUT2D eigenvalue weighted by molar-refractivity contribution is -0.108. The topological polar surface area (TPSA) is 63.2 Å². The second kappa shape index (κ2) is 17.2. The zero-order valence-corrected chi connectivity index (χ0v) is 4.94. The van der Waals surface area contributed by atoms with Gasteiger partial charge < -0.3 is 0 Å². The van der Waals surface area contributed by atoms with E-state index in [1.807, 2.05) is 0 Å². The van der Waals surface area contributed by atoms with Crippen LogP contribution in [0.25, 0.3) is 0 Å². The van der Waals surface area contributed by atoms with Crippen LogP contribution in [0.5, 0.6) is 0 Å². The molecular formula is CH4ClNO3S. The monoisotopic (exact) mass is 145 g/mol. The largest absolute Gasteiger partial charge is 0.278 e. The molecule has 7 heavy (non-hydrogen) atoms. The molecule has 0 rings (SSSR count). The Kier molecular flexibility index (Phi) is 24.3. The highest BCUT2D eigenvalue weighted by atomic mass is 35.5. The fourth-order valence-electron chi connectivity index (χ4n) is 0. The summed E-state index contributed by atoms with van der Waals surface area (Å²) >= 11 is 3.15. The van der Waals surface area contributed by atoms with Gasteiger partial charge in [-0.15, -0.1) is 0 Å². The molecule has 0 saturated heterocycles. The maximum atomic E-state index is 8.93. The summed E-state index contributed by atoms with van der Waals surface area (Å²) in [5, 5.41) is 0. The second-order valence-corrected chi connectivity index (χ2v) is 0.695. The Bertz CT molecular complexity index is 69.3. The summed E-state index contributed by atoms with van der Waals surface area (Å²) in [6, 6.07) is 0. The Morgan fingerprint density at radius 1 is 1.57 bits per heavy atom. The zero-order chi connectivity index (χ0) is 6.12. The van der Waals surface area contributed by atoms with Gasteiger partial charge >= 0.3 is 0 Å². The Hall–Kier alpha value is -0.290. The van der Waals surface area contributed by atoms with Gasteiger partial charge in [0.15, 0.2) is 0 Å². The molecule has 0 radical (unpaired) electrons. The van der Waals surface area contributed by atoms with Gasteiger partial charge in [-0.3, -0.25) is 9.63 Å². The quantitative estimate of drug-likeness (QED) is 0.368. The van der Waals surface area contributed by atoms with Crippen LogP contribution in [0.3, 0.4) is 0 Å². The summed E-state index contributed by atoms with van der Waals surface area (Å²) in [4.78, 5) is 10.7. The average Bonchev–Trinajstić information content (AvgIpc) is 1.69. The molecular weight excluding hydrogens is 142 g/mol. The van der Waals surface area contributed by atoms with Crippen molar-refractivity contribution in [3.63, 3.8) is 0 Å². The lowest BCUT2D eigenvalue weighted by Gasteiger charge is -1.59. The molecule has 1 amide bonds. The summed E-state index contributed by atoms with van der Waals surface area (Å²) in [6.07, 6.45) is 0.390. The van der Waals surface area contributed by atoms with Crippen molar-refractivity contribution in [3.8, 4) is 0 Å². The third-order valence-electron chi connectivity index (χ3n) is 0.0445. The lowest BCUT2D eigenvalue weighted by Crippen LogP contribution is -1.87. The first-order chi connectivity index (χ1) is 3.33. The van der Waals surface area contributed by atoms with Crippen LogP contribution >= 0.6 is 11.8 Å². The summed E-state index contributed by atoms with van der Waals surface area (Å²) in [5.41, 5.74) is 0. The van der Waals surface area contributed by atoms with Gasteiger partial charge in [-0.1, -0.05) is 0 Å². The van der Waals surface area contributed by atoms with Gasteiger partial charge in [0.25, 0.3) is 0 Å². The van der Waals surface area contributed by atoms with Crippen LogP contribution in [0, 0.1) is 0 Å². The highest BCUT2D eigenvalue weighted by molar-refractivity contribution is 7.51. The van der Waals surface area contributed by atoms with E-state index >= 15 is 0 Å². The molecule has 4 nitrogen and oxygen atoms in total. The van der Waals surface area contributed by atoms with Crippen LogP contribution in [-0.4, -0.2) is 14.8 Å². The Morgan fingerprint density at radius 2 is 1.71 bits per heavy atom. The number of amides is 1. The van der Waals surface area contributed by atoms with Crippen LogP contribution in [-0.2, 0) is 16.4 Å². The summed E-state index contributed by atoms with van der Waals surface area (Å²) in [7, 11) is 0. The van der Waals surface area contributed by atoms with E-state index < -0.39 is 11.6 Å². The van der Waals surface area contributed by atoms with Gasteiger partial charge in [0.1, 0.15) is 11.6 Å². The first-order valence-electron chi connectivity index (χ1n) is 1.12. The molecule has 0 spiro atoms. The van der Waals surface area contributed by atoms with Crippen LogP contribution in [0.1, 0.15) is 0 Å². The second-order valence-electron chi connectivity index (χ2n) is 0.310. The average molecular weight is 146 g/mol. The molecule has 0 heterocycles. The fraction of sp³-hybridized carbons (Fsp3) is 0. The highest BCUT2D eigenvalue weighted by Gasteiger charge is 1.47. The van der Waals surface area contributed by atoms with E-state index in [1.165, 1.54) is 0 Å². The number of carbonyl (C=O) groups excluding carboxylic acids is 1. The van der Waals surface area contributed by atoms with Crippen molar-refractivity contribution in [1.82, 2.24) is 4.84 Å². The SMILES string of the molecule is O=CNCl.O=[SH2]=O. The predicted molar refractivity (Wildman–Crippen MR) is 26.8 cm³/mol. The minimum Gasteiger partial charge on any atom is -0.278 e. The van der Waals surface area contributed by atoms with E-state index in [2.05, 4.69) is 11.8 Å². The Morgan fingerprint density at radius 3 is 1.71 bits per heavy atom. The molecule has 0 aromatic carbocycles. The first-order valence-corrected chi connectivity index (χ1v) is 2.32. The Balaban J connectivity index is 0. The molecule has 44 valence electrons. The van der Waals surface area contributed by atoms with Gasteiger partial charge in [-0.05, 0) is 0 Å². The van der Waals surface area contributed by atoms with E-state index in [0.29, 0.717) is 6.41 Å². The molecule has 0 aromatic rings. The number of nitrogens with one attached hydrogen (secondary N) is 1. The van der Waals surface area contributed by atoms with Crippen LogP contribution in [0.4, 0.5) is 0 Å². The minimum atomic E-state index is -1.42. The van der Waals surface area contributed by atoms with Crippen molar-refractivity contribution in [1.29, 1.82) is 0 Å². The van der Waals surface area contributed by atoms with Gasteiger partial charge in [0.05, 0.1) is 0 Å². The number of halogens is 1. The van der Waals surface area contributed by atoms with Crippen LogP contribution in [0.15, 0.2) is 0 Å². The zero-order valence-electron chi connectivity index (χ0n) is 3.18. The van der Waals surface area contributed by atoms with Crippen molar-refractivity contribution in [2.75, 3.05) is 0 Å². The van der Waals surface area contributed by atoms with Gasteiger partial charge in [-0.25, -0.2) is 8.42 Å². The van der Waals surface area contributed by atoms with Crippen molar-refractivity contribution >= 4 is 29.8 Å². The molecule has 0 aliphatic rings. The smallest absolute Gasteiger partial charge is 0.221 e. The Labute approximate surface area is 48.6 Å². The molecule has 0 aliphatic carbocycles.